The lowest BCUT2D eigenvalue weighted by atomic mass is 10.2. The van der Waals surface area contributed by atoms with Crippen LogP contribution in [-0.4, -0.2) is 33.2 Å². The highest BCUT2D eigenvalue weighted by Gasteiger charge is 2.21. The zero-order valence-electron chi connectivity index (χ0n) is 12.7. The van der Waals surface area contributed by atoms with Gasteiger partial charge in [0.25, 0.3) is 0 Å². The standard InChI is InChI=1S/C16H15FN4OS/c1-10(15(22)21(2)12-7-5-11(17)6-8-12)23-16-19-13-4-3-9-18-14(13)20-16/h3-10H,1-2H3,(H,18,19,20)/t10-/m0/s1. The second-order valence-electron chi connectivity index (χ2n) is 5.05. The van der Waals surface area contributed by atoms with Gasteiger partial charge in [0.2, 0.25) is 5.91 Å². The van der Waals surface area contributed by atoms with Crippen molar-refractivity contribution in [2.24, 2.45) is 0 Å². The van der Waals surface area contributed by atoms with E-state index in [-0.39, 0.29) is 17.0 Å². The van der Waals surface area contributed by atoms with Gasteiger partial charge >= 0.3 is 0 Å². The van der Waals surface area contributed by atoms with Gasteiger partial charge in [-0.2, -0.15) is 0 Å². The molecule has 0 saturated carbocycles. The fourth-order valence-electron chi connectivity index (χ4n) is 2.16. The molecular formula is C16H15FN4OS. The molecular weight excluding hydrogens is 315 g/mol. The van der Waals surface area contributed by atoms with Crippen LogP contribution < -0.4 is 4.90 Å². The summed E-state index contributed by atoms with van der Waals surface area (Å²) in [6, 6.07) is 9.54. The molecule has 1 amide bonds. The molecule has 0 unspecified atom stereocenters. The van der Waals surface area contributed by atoms with Crippen molar-refractivity contribution < 1.29 is 9.18 Å². The van der Waals surface area contributed by atoms with E-state index in [1.807, 2.05) is 19.1 Å². The molecule has 5 nitrogen and oxygen atoms in total. The van der Waals surface area contributed by atoms with Crippen molar-refractivity contribution in [3.05, 3.63) is 48.4 Å². The summed E-state index contributed by atoms with van der Waals surface area (Å²) < 4.78 is 13.0. The summed E-state index contributed by atoms with van der Waals surface area (Å²) in [5.74, 6) is -0.415. The number of carbonyl (C=O) groups is 1. The highest BCUT2D eigenvalue weighted by atomic mass is 32.2. The van der Waals surface area contributed by atoms with Crippen molar-refractivity contribution in [1.82, 2.24) is 15.0 Å². The molecule has 0 spiro atoms. The summed E-state index contributed by atoms with van der Waals surface area (Å²) in [5, 5.41) is 0.303. The maximum absolute atomic E-state index is 13.0. The number of nitrogens with one attached hydrogen (secondary N) is 1. The number of anilines is 1. The molecule has 0 saturated heterocycles. The molecule has 1 N–H and O–H groups in total. The van der Waals surface area contributed by atoms with Gasteiger partial charge in [0, 0.05) is 18.9 Å². The number of H-pyrrole nitrogens is 1. The first kappa shape index (κ1) is 15.5. The van der Waals surface area contributed by atoms with E-state index in [0.29, 0.717) is 16.5 Å². The molecule has 1 aromatic carbocycles. The lowest BCUT2D eigenvalue weighted by Gasteiger charge is -2.20. The van der Waals surface area contributed by atoms with E-state index in [9.17, 15) is 9.18 Å². The number of carbonyl (C=O) groups excluding carboxylic acids is 1. The van der Waals surface area contributed by atoms with Crippen LogP contribution in [0.2, 0.25) is 0 Å². The van der Waals surface area contributed by atoms with Crippen LogP contribution in [0.4, 0.5) is 10.1 Å². The Balaban J connectivity index is 1.72. The Morgan fingerprint density at radius 1 is 1.30 bits per heavy atom. The third-order valence-corrected chi connectivity index (χ3v) is 4.39. The minimum absolute atomic E-state index is 0.0879. The summed E-state index contributed by atoms with van der Waals surface area (Å²) in [5.41, 5.74) is 2.11. The van der Waals surface area contributed by atoms with E-state index in [4.69, 9.17) is 0 Å². The highest BCUT2D eigenvalue weighted by Crippen LogP contribution is 2.25. The van der Waals surface area contributed by atoms with E-state index in [1.54, 1.807) is 25.4 Å². The zero-order valence-corrected chi connectivity index (χ0v) is 13.5. The first-order valence-electron chi connectivity index (χ1n) is 7.05. The summed E-state index contributed by atoms with van der Waals surface area (Å²) >= 11 is 1.33. The average Bonchev–Trinajstić information content (AvgIpc) is 2.96. The van der Waals surface area contributed by atoms with Crippen LogP contribution in [0.3, 0.4) is 0 Å². The molecule has 2 heterocycles. The van der Waals surface area contributed by atoms with Crippen LogP contribution >= 0.6 is 11.8 Å². The second-order valence-corrected chi connectivity index (χ2v) is 6.38. The zero-order chi connectivity index (χ0) is 16.4. The van der Waals surface area contributed by atoms with E-state index >= 15 is 0 Å². The third kappa shape index (κ3) is 3.34. The van der Waals surface area contributed by atoms with Crippen molar-refractivity contribution in [2.45, 2.75) is 17.3 Å². The molecule has 3 aromatic rings. The summed E-state index contributed by atoms with van der Waals surface area (Å²) in [6.07, 6.45) is 1.68. The van der Waals surface area contributed by atoms with Gasteiger partial charge in [-0.25, -0.2) is 14.4 Å². The van der Waals surface area contributed by atoms with Crippen LogP contribution in [-0.2, 0) is 4.79 Å². The number of pyridine rings is 1. The summed E-state index contributed by atoms with van der Waals surface area (Å²) in [6.45, 7) is 1.81. The van der Waals surface area contributed by atoms with Gasteiger partial charge in [0.15, 0.2) is 10.8 Å². The second kappa shape index (κ2) is 6.37. The Kier molecular flexibility index (Phi) is 4.29. The van der Waals surface area contributed by atoms with Crippen molar-refractivity contribution >= 4 is 34.5 Å². The largest absolute Gasteiger partial charge is 0.332 e. The predicted octanol–water partition coefficient (Wildman–Crippen LogP) is 3.24. The molecule has 0 bridgehead atoms. The molecule has 118 valence electrons. The number of aromatic nitrogens is 3. The number of halogens is 1. The van der Waals surface area contributed by atoms with Crippen LogP contribution in [0.1, 0.15) is 6.92 Å². The van der Waals surface area contributed by atoms with Crippen LogP contribution in [0, 0.1) is 5.82 Å². The normalized spacial score (nSPS) is 12.3. The molecule has 0 radical (unpaired) electrons. The average molecular weight is 330 g/mol. The van der Waals surface area contributed by atoms with Crippen molar-refractivity contribution in [2.75, 3.05) is 11.9 Å². The SMILES string of the molecule is C[C@H](Sc1nc2ncccc2[nH]1)C(=O)N(C)c1ccc(F)cc1. The molecule has 2 aromatic heterocycles. The Morgan fingerprint density at radius 3 is 2.74 bits per heavy atom. The number of aromatic amines is 1. The number of rotatable bonds is 4. The van der Waals surface area contributed by atoms with Gasteiger partial charge in [-0.05, 0) is 43.3 Å². The summed E-state index contributed by atoms with van der Waals surface area (Å²) in [7, 11) is 1.67. The number of hydrogen-bond acceptors (Lipinski definition) is 4. The molecule has 1 atom stereocenters. The first-order chi connectivity index (χ1) is 11.0. The quantitative estimate of drug-likeness (QED) is 0.746. The third-order valence-electron chi connectivity index (χ3n) is 3.42. The van der Waals surface area contributed by atoms with Gasteiger partial charge < -0.3 is 9.88 Å². The van der Waals surface area contributed by atoms with Crippen LogP contribution in [0.15, 0.2) is 47.8 Å². The smallest absolute Gasteiger partial charge is 0.240 e. The Hall–Kier alpha value is -2.41. The van der Waals surface area contributed by atoms with Crippen LogP contribution in [0.5, 0.6) is 0 Å². The molecule has 0 aliphatic heterocycles. The molecule has 7 heteroatoms. The molecule has 3 rings (SSSR count). The number of imidazole rings is 1. The fourth-order valence-corrected chi connectivity index (χ4v) is 3.06. The minimum atomic E-state index is -0.342. The van der Waals surface area contributed by atoms with Gasteiger partial charge in [0.05, 0.1) is 10.8 Å². The predicted molar refractivity (Wildman–Crippen MR) is 89.0 cm³/mol. The van der Waals surface area contributed by atoms with E-state index in [2.05, 4.69) is 15.0 Å². The number of fused-ring (bicyclic) bond motifs is 1. The fraction of sp³-hybridized carbons (Fsp3) is 0.188. The number of benzene rings is 1. The Bertz CT molecular complexity index is 800. The maximum atomic E-state index is 13.0. The highest BCUT2D eigenvalue weighted by molar-refractivity contribution is 8.00. The van der Waals surface area contributed by atoms with Gasteiger partial charge in [0.1, 0.15) is 5.82 Å². The molecule has 0 fully saturated rings. The van der Waals surface area contributed by atoms with Gasteiger partial charge in [-0.1, -0.05) is 11.8 Å². The minimum Gasteiger partial charge on any atom is -0.332 e. The monoisotopic (exact) mass is 330 g/mol. The number of hydrogen-bond donors (Lipinski definition) is 1. The topological polar surface area (TPSA) is 61.9 Å². The Morgan fingerprint density at radius 2 is 2.04 bits per heavy atom. The van der Waals surface area contributed by atoms with E-state index in [1.165, 1.54) is 28.8 Å². The molecule has 23 heavy (non-hydrogen) atoms. The van der Waals surface area contributed by atoms with Gasteiger partial charge in [-0.15, -0.1) is 0 Å². The number of nitrogens with zero attached hydrogens (tertiary/aromatic N) is 3. The maximum Gasteiger partial charge on any atom is 0.240 e. The first-order valence-corrected chi connectivity index (χ1v) is 7.93. The number of amides is 1. The van der Waals surface area contributed by atoms with Crippen molar-refractivity contribution in [3.63, 3.8) is 0 Å². The molecule has 0 aliphatic carbocycles. The lowest BCUT2D eigenvalue weighted by molar-refractivity contribution is -0.117. The van der Waals surface area contributed by atoms with Crippen molar-refractivity contribution in [3.8, 4) is 0 Å². The van der Waals surface area contributed by atoms with E-state index < -0.39 is 0 Å². The molecule has 0 aliphatic rings. The summed E-state index contributed by atoms with van der Waals surface area (Å²) in [4.78, 5) is 25.7. The van der Waals surface area contributed by atoms with E-state index in [0.717, 1.165) is 5.52 Å². The lowest BCUT2D eigenvalue weighted by Crippen LogP contribution is -2.33. The van der Waals surface area contributed by atoms with Crippen molar-refractivity contribution in [1.29, 1.82) is 0 Å². The Labute approximate surface area is 136 Å². The van der Waals surface area contributed by atoms with Crippen LogP contribution in [0.25, 0.3) is 11.2 Å². The number of thioether (sulfide) groups is 1. The van der Waals surface area contributed by atoms with Gasteiger partial charge in [-0.3, -0.25) is 4.79 Å².